The minimum atomic E-state index is -1.17. The van der Waals surface area contributed by atoms with Gasteiger partial charge in [0.15, 0.2) is 0 Å². The Bertz CT molecular complexity index is 2770. The number of imide groups is 1. The SMILES string of the molecule is COc1cc2c(Oc3ccc(NC(=O)C4(C(=O)Nc5ccc(F)cc5)CC4)cc3)ccnc2cc1N1CCC(CN2CCN(CCNc3ccc4c(c3)CN([C@H]3CCC(=O)NC3=O)C4=O)CC2)CC1. The van der Waals surface area contributed by atoms with Crippen LogP contribution in [0.2, 0.25) is 0 Å². The summed E-state index contributed by atoms with van der Waals surface area (Å²) in [5, 5.41) is 12.3. The van der Waals surface area contributed by atoms with E-state index in [4.69, 9.17) is 14.5 Å². The lowest BCUT2D eigenvalue weighted by atomic mass is 9.95. The number of hydrogen-bond acceptors (Lipinski definition) is 12. The van der Waals surface area contributed by atoms with Crippen LogP contribution in [0.5, 0.6) is 17.2 Å². The zero-order valence-electron chi connectivity index (χ0n) is 38.6. The van der Waals surface area contributed by atoms with Gasteiger partial charge in [-0.05, 0) is 129 Å². The number of piperazine rings is 1. The molecule has 4 N–H and O–H groups in total. The van der Waals surface area contributed by atoms with E-state index in [1.165, 1.54) is 24.3 Å². The molecule has 0 spiro atoms. The van der Waals surface area contributed by atoms with Crippen LogP contribution in [0.15, 0.2) is 91.1 Å². The molecule has 1 aromatic heterocycles. The van der Waals surface area contributed by atoms with Crippen molar-refractivity contribution >= 4 is 63.2 Å². The molecule has 358 valence electrons. The van der Waals surface area contributed by atoms with Crippen LogP contribution in [0, 0.1) is 17.2 Å². The quantitative estimate of drug-likeness (QED) is 0.0688. The second kappa shape index (κ2) is 19.5. The van der Waals surface area contributed by atoms with Crippen LogP contribution in [0.25, 0.3) is 10.9 Å². The van der Waals surface area contributed by atoms with Crippen molar-refractivity contribution < 1.29 is 37.8 Å². The first-order valence-corrected chi connectivity index (χ1v) is 23.9. The van der Waals surface area contributed by atoms with Crippen LogP contribution >= 0.6 is 0 Å². The van der Waals surface area contributed by atoms with Crippen LogP contribution in [0.4, 0.5) is 27.1 Å². The fourth-order valence-corrected chi connectivity index (χ4v) is 10.0. The summed E-state index contributed by atoms with van der Waals surface area (Å²) in [6.45, 7) is 9.10. The van der Waals surface area contributed by atoms with Crippen molar-refractivity contribution in [2.24, 2.45) is 11.3 Å². The molecule has 5 aliphatic rings. The van der Waals surface area contributed by atoms with Gasteiger partial charge in [0, 0.05) is 106 Å². The Labute approximate surface area is 399 Å². The van der Waals surface area contributed by atoms with E-state index in [1.54, 1.807) is 42.5 Å². The summed E-state index contributed by atoms with van der Waals surface area (Å²) in [6, 6.07) is 23.5. The van der Waals surface area contributed by atoms with Crippen molar-refractivity contribution in [1.82, 2.24) is 25.0 Å². The van der Waals surface area contributed by atoms with Gasteiger partial charge in [0.25, 0.3) is 5.91 Å². The van der Waals surface area contributed by atoms with E-state index in [2.05, 4.69) is 42.0 Å². The number of aromatic nitrogens is 1. The number of nitrogens with zero attached hydrogens (tertiary/aromatic N) is 5. The Kier molecular flexibility index (Phi) is 12.9. The van der Waals surface area contributed by atoms with Crippen LogP contribution < -0.4 is 35.6 Å². The van der Waals surface area contributed by atoms with Crippen molar-refractivity contribution in [2.45, 2.75) is 51.1 Å². The number of pyridine rings is 1. The first kappa shape index (κ1) is 45.7. The van der Waals surface area contributed by atoms with E-state index in [0.717, 1.165) is 105 Å². The molecule has 16 nitrogen and oxygen atoms in total. The molecular weight excluding hydrogens is 882 g/mol. The van der Waals surface area contributed by atoms with Gasteiger partial charge in [0.2, 0.25) is 23.6 Å². The fourth-order valence-electron chi connectivity index (χ4n) is 10.0. The predicted molar refractivity (Wildman–Crippen MR) is 259 cm³/mol. The maximum Gasteiger partial charge on any atom is 0.255 e. The number of benzene rings is 4. The molecule has 4 aliphatic heterocycles. The Hall–Kier alpha value is -7.11. The largest absolute Gasteiger partial charge is 0.495 e. The lowest BCUT2D eigenvalue weighted by Crippen LogP contribution is -2.52. The molecule has 10 rings (SSSR count). The molecule has 69 heavy (non-hydrogen) atoms. The lowest BCUT2D eigenvalue weighted by Gasteiger charge is -2.39. The Morgan fingerprint density at radius 3 is 2.16 bits per heavy atom. The number of ether oxygens (including phenoxy) is 2. The number of methoxy groups -OCH3 is 1. The second-order valence-corrected chi connectivity index (χ2v) is 18.7. The molecule has 0 bridgehead atoms. The highest BCUT2D eigenvalue weighted by molar-refractivity contribution is 6.17. The maximum absolute atomic E-state index is 13.3. The van der Waals surface area contributed by atoms with Gasteiger partial charge in [-0.2, -0.15) is 0 Å². The van der Waals surface area contributed by atoms with Crippen molar-refractivity contribution in [1.29, 1.82) is 0 Å². The summed E-state index contributed by atoms with van der Waals surface area (Å²) in [7, 11) is 1.69. The third-order valence-electron chi connectivity index (χ3n) is 14.3. The van der Waals surface area contributed by atoms with Gasteiger partial charge >= 0.3 is 0 Å². The lowest BCUT2D eigenvalue weighted by molar-refractivity contribution is -0.137. The molecule has 1 saturated carbocycles. The third kappa shape index (κ3) is 9.92. The minimum Gasteiger partial charge on any atom is -0.495 e. The van der Waals surface area contributed by atoms with Crippen molar-refractivity contribution in [3.63, 3.8) is 0 Å². The molecule has 5 amide bonds. The molecule has 5 heterocycles. The number of anilines is 4. The Balaban J connectivity index is 0.669. The average molecular weight is 938 g/mol. The number of hydrogen-bond donors (Lipinski definition) is 4. The van der Waals surface area contributed by atoms with Gasteiger partial charge in [0.1, 0.15) is 34.5 Å². The zero-order valence-corrected chi connectivity index (χ0v) is 38.6. The molecule has 4 aromatic carbocycles. The van der Waals surface area contributed by atoms with Crippen LogP contribution in [-0.2, 0) is 25.7 Å². The number of amides is 5. The van der Waals surface area contributed by atoms with Crippen LogP contribution in [0.1, 0.15) is 54.4 Å². The summed E-state index contributed by atoms with van der Waals surface area (Å²) in [4.78, 5) is 77.1. The number of piperidine rings is 2. The highest BCUT2D eigenvalue weighted by Gasteiger charge is 2.56. The minimum absolute atomic E-state index is 0.160. The topological polar surface area (TPSA) is 178 Å². The van der Waals surface area contributed by atoms with Crippen LogP contribution in [0.3, 0.4) is 0 Å². The summed E-state index contributed by atoms with van der Waals surface area (Å²) in [5.74, 6) is 0.486. The number of rotatable bonds is 15. The van der Waals surface area contributed by atoms with E-state index in [-0.39, 0.29) is 24.1 Å². The number of nitrogens with one attached hydrogen (secondary N) is 4. The highest BCUT2D eigenvalue weighted by atomic mass is 19.1. The average Bonchev–Trinajstić information content (AvgIpc) is 4.12. The Morgan fingerprint density at radius 1 is 0.797 bits per heavy atom. The molecule has 5 aromatic rings. The first-order chi connectivity index (χ1) is 33.5. The fraction of sp³-hybridized carbons (Fsp3) is 0.385. The van der Waals surface area contributed by atoms with E-state index in [1.807, 2.05) is 30.3 Å². The molecule has 0 radical (unpaired) electrons. The smallest absolute Gasteiger partial charge is 0.255 e. The van der Waals surface area contributed by atoms with Gasteiger partial charge in [-0.3, -0.25) is 39.2 Å². The van der Waals surface area contributed by atoms with Gasteiger partial charge in [0.05, 0.1) is 18.3 Å². The molecule has 3 saturated heterocycles. The van der Waals surface area contributed by atoms with Crippen molar-refractivity contribution in [3.8, 4) is 17.2 Å². The molecule has 0 unspecified atom stereocenters. The second-order valence-electron chi connectivity index (χ2n) is 18.7. The molecule has 1 aliphatic carbocycles. The number of carbonyl (C=O) groups excluding carboxylic acids is 5. The van der Waals surface area contributed by atoms with Crippen LogP contribution in [-0.4, -0.2) is 121 Å². The first-order valence-electron chi connectivity index (χ1n) is 23.9. The summed E-state index contributed by atoms with van der Waals surface area (Å²) < 4.78 is 25.6. The van der Waals surface area contributed by atoms with E-state index in [0.29, 0.717) is 60.2 Å². The molecular formula is C52H56FN9O7. The van der Waals surface area contributed by atoms with E-state index < -0.39 is 29.1 Å². The van der Waals surface area contributed by atoms with Gasteiger partial charge < -0.3 is 40.1 Å². The number of halogens is 1. The maximum atomic E-state index is 13.3. The van der Waals surface area contributed by atoms with Gasteiger partial charge in [-0.15, -0.1) is 0 Å². The van der Waals surface area contributed by atoms with Crippen molar-refractivity contribution in [3.05, 3.63) is 108 Å². The normalized spacial score (nSPS) is 19.5. The Morgan fingerprint density at radius 2 is 1.48 bits per heavy atom. The summed E-state index contributed by atoms with van der Waals surface area (Å²) in [6.07, 6.45) is 5.35. The zero-order chi connectivity index (χ0) is 47.6. The van der Waals surface area contributed by atoms with Gasteiger partial charge in [-0.1, -0.05) is 0 Å². The number of carbonyl (C=O) groups is 5. The third-order valence-corrected chi connectivity index (χ3v) is 14.3. The molecule has 1 atom stereocenters. The predicted octanol–water partition coefficient (Wildman–Crippen LogP) is 6.24. The molecule has 17 heteroatoms. The standard InChI is InChI=1S/C52H56FN9O7/c1-68-46-29-41-42(55-19-14-45(41)69-39-9-6-37(7-10-39)57-51(67)52(17-18-52)50(66)56-36-4-2-35(53)3-5-36)30-44(46)61-21-15-33(16-22-61)31-60-26-24-59(25-27-60)23-20-54-38-8-11-40-34(28-38)32-62(49(40)65)43-12-13-47(63)58-48(43)64/h2-11,14,19,28-30,33,43,54H,12-13,15-18,20-27,31-32H2,1H3,(H,56,66)(H,57,67)(H,58,63,64)/t43-/m0/s1. The monoisotopic (exact) mass is 937 g/mol. The summed E-state index contributed by atoms with van der Waals surface area (Å²) >= 11 is 0. The highest BCUT2D eigenvalue weighted by Crippen LogP contribution is 2.48. The number of fused-ring (bicyclic) bond motifs is 2. The van der Waals surface area contributed by atoms with E-state index in [9.17, 15) is 28.4 Å². The molecule has 4 fully saturated rings. The van der Waals surface area contributed by atoms with E-state index >= 15 is 0 Å². The van der Waals surface area contributed by atoms with Gasteiger partial charge in [-0.25, -0.2) is 4.39 Å². The summed E-state index contributed by atoms with van der Waals surface area (Å²) in [5.41, 5.74) is 4.07. The van der Waals surface area contributed by atoms with Crippen molar-refractivity contribution in [2.75, 3.05) is 86.9 Å².